The predicted molar refractivity (Wildman–Crippen MR) is 107 cm³/mol. The number of nitrogens with zero attached hydrogens (tertiary/aromatic N) is 3. The number of piperidine rings is 1. The maximum absolute atomic E-state index is 13.1. The Balaban J connectivity index is 1.44. The third kappa shape index (κ3) is 4.17. The summed E-state index contributed by atoms with van der Waals surface area (Å²) in [6.45, 7) is 4.77. The number of carbonyl (C=O) groups is 2. The van der Waals surface area contributed by atoms with Gasteiger partial charge in [0, 0.05) is 64.0 Å². The van der Waals surface area contributed by atoms with E-state index in [0.717, 1.165) is 56.6 Å². The number of hydrogen-bond acceptors (Lipinski definition) is 4. The summed E-state index contributed by atoms with van der Waals surface area (Å²) in [6, 6.07) is 8.11. The summed E-state index contributed by atoms with van der Waals surface area (Å²) < 4.78 is 6.54. The van der Waals surface area contributed by atoms with Crippen LogP contribution in [0.1, 0.15) is 44.1 Å². The van der Waals surface area contributed by atoms with Gasteiger partial charge in [0.15, 0.2) is 0 Å². The van der Waals surface area contributed by atoms with Crippen molar-refractivity contribution < 1.29 is 14.3 Å². The SMILES string of the molecule is CN1CCC2(CC1)CN(C(=O)CCCN1CCCC1=O)Cc1ccccc1O2. The van der Waals surface area contributed by atoms with E-state index in [4.69, 9.17) is 4.74 Å². The summed E-state index contributed by atoms with van der Waals surface area (Å²) in [5, 5.41) is 0. The molecule has 28 heavy (non-hydrogen) atoms. The molecule has 0 N–H and O–H groups in total. The topological polar surface area (TPSA) is 53.1 Å². The minimum Gasteiger partial charge on any atom is -0.485 e. The molecule has 6 nitrogen and oxygen atoms in total. The van der Waals surface area contributed by atoms with Crippen molar-refractivity contribution in [3.8, 4) is 5.75 Å². The van der Waals surface area contributed by atoms with Crippen molar-refractivity contribution in [1.29, 1.82) is 0 Å². The van der Waals surface area contributed by atoms with Crippen LogP contribution < -0.4 is 4.74 Å². The van der Waals surface area contributed by atoms with Crippen molar-refractivity contribution in [2.24, 2.45) is 0 Å². The van der Waals surface area contributed by atoms with Crippen LogP contribution in [0.3, 0.4) is 0 Å². The molecule has 2 saturated heterocycles. The van der Waals surface area contributed by atoms with Crippen LogP contribution in [0.4, 0.5) is 0 Å². The van der Waals surface area contributed by atoms with Crippen LogP contribution in [-0.4, -0.2) is 71.9 Å². The van der Waals surface area contributed by atoms with Crippen molar-refractivity contribution in [1.82, 2.24) is 14.7 Å². The van der Waals surface area contributed by atoms with Crippen LogP contribution in [0, 0.1) is 0 Å². The summed E-state index contributed by atoms with van der Waals surface area (Å²) >= 11 is 0. The third-order valence-electron chi connectivity index (χ3n) is 6.38. The highest BCUT2D eigenvalue weighted by molar-refractivity contribution is 5.78. The normalized spacial score (nSPS) is 22.1. The Kier molecular flexibility index (Phi) is 5.58. The molecule has 152 valence electrons. The second-order valence-electron chi connectivity index (χ2n) is 8.53. The maximum atomic E-state index is 13.1. The van der Waals surface area contributed by atoms with Crippen molar-refractivity contribution >= 4 is 11.8 Å². The molecule has 6 heteroatoms. The summed E-state index contributed by atoms with van der Waals surface area (Å²) in [5.74, 6) is 1.32. The highest BCUT2D eigenvalue weighted by atomic mass is 16.5. The maximum Gasteiger partial charge on any atom is 0.223 e. The molecule has 2 fully saturated rings. The van der Waals surface area contributed by atoms with E-state index in [1.165, 1.54) is 0 Å². The van der Waals surface area contributed by atoms with Gasteiger partial charge < -0.3 is 19.4 Å². The number of hydrogen-bond donors (Lipinski definition) is 0. The lowest BCUT2D eigenvalue weighted by molar-refractivity contribution is -0.136. The first-order valence-electron chi connectivity index (χ1n) is 10.6. The number of rotatable bonds is 4. The predicted octanol–water partition coefficient (Wildman–Crippen LogP) is 2.27. The fourth-order valence-corrected chi connectivity index (χ4v) is 4.59. The van der Waals surface area contributed by atoms with Crippen molar-refractivity contribution in [3.63, 3.8) is 0 Å². The van der Waals surface area contributed by atoms with Crippen LogP contribution in [-0.2, 0) is 16.1 Å². The number of fused-ring (bicyclic) bond motifs is 1. The van der Waals surface area contributed by atoms with Crippen LogP contribution in [0.15, 0.2) is 24.3 Å². The number of likely N-dealkylation sites (tertiary alicyclic amines) is 2. The van der Waals surface area contributed by atoms with Crippen LogP contribution in [0.5, 0.6) is 5.75 Å². The molecule has 0 unspecified atom stereocenters. The molecule has 4 rings (SSSR count). The van der Waals surface area contributed by atoms with Gasteiger partial charge in [0.25, 0.3) is 0 Å². The lowest BCUT2D eigenvalue weighted by atomic mass is 9.90. The Hall–Kier alpha value is -2.08. The Morgan fingerprint density at radius 3 is 2.71 bits per heavy atom. The molecule has 0 aliphatic carbocycles. The number of benzene rings is 1. The summed E-state index contributed by atoms with van der Waals surface area (Å²) in [4.78, 5) is 31.0. The van der Waals surface area contributed by atoms with E-state index >= 15 is 0 Å². The quantitative estimate of drug-likeness (QED) is 0.798. The van der Waals surface area contributed by atoms with Gasteiger partial charge in [-0.25, -0.2) is 0 Å². The van der Waals surface area contributed by atoms with Crippen molar-refractivity contribution in [2.75, 3.05) is 39.8 Å². The third-order valence-corrected chi connectivity index (χ3v) is 6.38. The Morgan fingerprint density at radius 1 is 1.18 bits per heavy atom. The number of amides is 2. The van der Waals surface area contributed by atoms with Gasteiger partial charge in [-0.05, 0) is 26.0 Å². The zero-order valence-corrected chi connectivity index (χ0v) is 16.9. The molecule has 0 atom stereocenters. The van der Waals surface area contributed by atoms with Crippen LogP contribution in [0.25, 0.3) is 0 Å². The first kappa shape index (κ1) is 19.2. The lowest BCUT2D eigenvalue weighted by Gasteiger charge is -2.41. The molecular weight excluding hydrogens is 354 g/mol. The van der Waals surface area contributed by atoms with Gasteiger partial charge >= 0.3 is 0 Å². The standard InChI is InChI=1S/C22H31N3O3/c1-23-14-10-22(11-15-23)17-25(16-18-6-2-3-7-19(18)28-22)21(27)9-5-13-24-12-4-8-20(24)26/h2-3,6-7H,4-5,8-17H2,1H3. The summed E-state index contributed by atoms with van der Waals surface area (Å²) in [5.41, 5.74) is 0.793. The fourth-order valence-electron chi connectivity index (χ4n) is 4.59. The first-order chi connectivity index (χ1) is 13.5. The molecule has 0 bridgehead atoms. The molecule has 1 aromatic carbocycles. The second kappa shape index (κ2) is 8.11. The highest BCUT2D eigenvalue weighted by Gasteiger charge is 2.41. The van der Waals surface area contributed by atoms with Crippen LogP contribution in [0.2, 0.25) is 0 Å². The molecule has 3 heterocycles. The largest absolute Gasteiger partial charge is 0.485 e. The van der Waals surface area contributed by atoms with Crippen molar-refractivity contribution in [3.05, 3.63) is 29.8 Å². The number of para-hydroxylation sites is 1. The van der Waals surface area contributed by atoms with E-state index in [9.17, 15) is 9.59 Å². The average molecular weight is 386 g/mol. The minimum absolute atomic E-state index is 0.172. The van der Waals surface area contributed by atoms with Gasteiger partial charge in [-0.1, -0.05) is 18.2 Å². The van der Waals surface area contributed by atoms with Gasteiger partial charge in [0.2, 0.25) is 11.8 Å². The Bertz CT molecular complexity index is 727. The molecule has 0 radical (unpaired) electrons. The number of ether oxygens (including phenoxy) is 1. The van der Waals surface area contributed by atoms with Crippen LogP contribution >= 0.6 is 0 Å². The van der Waals surface area contributed by atoms with E-state index in [2.05, 4.69) is 18.0 Å². The molecule has 0 aromatic heterocycles. The van der Waals surface area contributed by atoms with Gasteiger partial charge in [-0.3, -0.25) is 9.59 Å². The fraction of sp³-hybridized carbons (Fsp3) is 0.636. The monoisotopic (exact) mass is 385 g/mol. The second-order valence-corrected chi connectivity index (χ2v) is 8.53. The minimum atomic E-state index is -0.292. The van der Waals surface area contributed by atoms with E-state index < -0.39 is 0 Å². The van der Waals surface area contributed by atoms with E-state index in [1.54, 1.807) is 0 Å². The summed E-state index contributed by atoms with van der Waals surface area (Å²) in [6.07, 6.45) is 4.70. The smallest absolute Gasteiger partial charge is 0.223 e. The highest BCUT2D eigenvalue weighted by Crippen LogP contribution is 2.35. The van der Waals surface area contributed by atoms with E-state index in [1.807, 2.05) is 28.0 Å². The van der Waals surface area contributed by atoms with Crippen molar-refractivity contribution in [2.45, 2.75) is 50.7 Å². The molecule has 2 amide bonds. The Labute approximate surface area is 167 Å². The van der Waals surface area contributed by atoms with E-state index in [-0.39, 0.29) is 17.4 Å². The molecule has 3 aliphatic rings. The molecule has 1 spiro atoms. The molecule has 3 aliphatic heterocycles. The first-order valence-corrected chi connectivity index (χ1v) is 10.6. The zero-order valence-electron chi connectivity index (χ0n) is 16.9. The number of carbonyl (C=O) groups excluding carboxylic acids is 2. The van der Waals surface area contributed by atoms with Gasteiger partial charge in [0.05, 0.1) is 6.54 Å². The molecule has 0 saturated carbocycles. The average Bonchev–Trinajstić information content (AvgIpc) is 3.02. The molecular formula is C22H31N3O3. The Morgan fingerprint density at radius 2 is 1.96 bits per heavy atom. The lowest BCUT2D eigenvalue weighted by Crippen LogP contribution is -2.53. The summed E-state index contributed by atoms with van der Waals surface area (Å²) in [7, 11) is 2.14. The van der Waals surface area contributed by atoms with E-state index in [0.29, 0.717) is 32.5 Å². The zero-order chi connectivity index (χ0) is 19.6. The van der Waals surface area contributed by atoms with Gasteiger partial charge in [-0.15, -0.1) is 0 Å². The molecule has 1 aromatic rings. The van der Waals surface area contributed by atoms with Gasteiger partial charge in [-0.2, -0.15) is 0 Å². The van der Waals surface area contributed by atoms with Gasteiger partial charge in [0.1, 0.15) is 11.4 Å².